The number of rotatable bonds is 7. The van der Waals surface area contributed by atoms with Crippen molar-refractivity contribution in [1.82, 2.24) is 0 Å². The molecule has 0 aromatic heterocycles. The van der Waals surface area contributed by atoms with E-state index in [2.05, 4.69) is 20.8 Å². The molecule has 3 N–H and O–H groups in total. The molecule has 0 aliphatic heterocycles. The summed E-state index contributed by atoms with van der Waals surface area (Å²) in [6.45, 7) is 7.03. The van der Waals surface area contributed by atoms with E-state index in [9.17, 15) is 20.1 Å². The Hall–Kier alpha value is -0.690. The predicted octanol–water partition coefficient (Wildman–Crippen LogP) is 5.71. The molecule has 6 nitrogen and oxygen atoms in total. The SMILES string of the molecule is CC(CCC(=O)OCOC1C2CC3CC(C2)CC1C3)C1CCC2C3C(C[C@H](O)[C@]12C)[C@@]1(C)CC[C@@H](O)CC1C[C@H]3O. The minimum Gasteiger partial charge on any atom is -0.438 e. The van der Waals surface area contributed by atoms with Gasteiger partial charge in [0.05, 0.1) is 24.4 Å². The highest BCUT2D eigenvalue weighted by atomic mass is 16.7. The number of aliphatic hydroxyl groups excluding tert-OH is 3. The van der Waals surface area contributed by atoms with Crippen molar-refractivity contribution in [2.24, 2.45) is 70.0 Å². The van der Waals surface area contributed by atoms with Gasteiger partial charge in [-0.1, -0.05) is 20.8 Å². The molecule has 41 heavy (non-hydrogen) atoms. The summed E-state index contributed by atoms with van der Waals surface area (Å²) in [6.07, 6.45) is 13.4. The zero-order valence-electron chi connectivity index (χ0n) is 25.8. The largest absolute Gasteiger partial charge is 0.438 e. The first-order valence-corrected chi connectivity index (χ1v) is 17.4. The van der Waals surface area contributed by atoms with E-state index in [0.717, 1.165) is 63.2 Å². The fourth-order valence-electron chi connectivity index (χ4n) is 13.1. The van der Waals surface area contributed by atoms with Gasteiger partial charge in [-0.3, -0.25) is 4.79 Å². The molecule has 8 rings (SSSR count). The molecule has 8 aliphatic carbocycles. The summed E-state index contributed by atoms with van der Waals surface area (Å²) >= 11 is 0. The number of hydrogen-bond donors (Lipinski definition) is 3. The zero-order valence-corrected chi connectivity index (χ0v) is 25.8. The van der Waals surface area contributed by atoms with Crippen molar-refractivity contribution in [3.05, 3.63) is 0 Å². The van der Waals surface area contributed by atoms with E-state index in [4.69, 9.17) is 9.47 Å². The Balaban J connectivity index is 0.938. The highest BCUT2D eigenvalue weighted by molar-refractivity contribution is 5.69. The lowest BCUT2D eigenvalue weighted by molar-refractivity contribution is -0.207. The van der Waals surface area contributed by atoms with Gasteiger partial charge >= 0.3 is 5.97 Å². The van der Waals surface area contributed by atoms with Crippen molar-refractivity contribution in [3.63, 3.8) is 0 Å². The van der Waals surface area contributed by atoms with Crippen molar-refractivity contribution < 1.29 is 29.6 Å². The topological polar surface area (TPSA) is 96.2 Å². The zero-order chi connectivity index (χ0) is 28.7. The summed E-state index contributed by atoms with van der Waals surface area (Å²) in [5.74, 6) is 4.84. The monoisotopic (exact) mass is 572 g/mol. The number of esters is 1. The number of carbonyl (C=O) groups is 1. The fraction of sp³-hybridized carbons (Fsp3) is 0.971. The first-order chi connectivity index (χ1) is 19.6. The van der Waals surface area contributed by atoms with Crippen molar-refractivity contribution >= 4 is 5.97 Å². The Labute approximate surface area is 247 Å². The lowest BCUT2D eigenvalue weighted by Crippen LogP contribution is -2.62. The molecular weight excluding hydrogens is 516 g/mol. The van der Waals surface area contributed by atoms with Crippen LogP contribution in [0.2, 0.25) is 0 Å². The van der Waals surface area contributed by atoms with E-state index in [1.807, 2.05) is 0 Å². The van der Waals surface area contributed by atoms with Gasteiger partial charge in [-0.05, 0) is 153 Å². The summed E-state index contributed by atoms with van der Waals surface area (Å²) in [5.41, 5.74) is -0.136. The average Bonchev–Trinajstić information content (AvgIpc) is 3.28. The second-order valence-corrected chi connectivity index (χ2v) is 16.7. The highest BCUT2D eigenvalue weighted by Gasteiger charge is 2.65. The molecule has 4 bridgehead atoms. The van der Waals surface area contributed by atoms with Gasteiger partial charge in [0.1, 0.15) is 0 Å². The minimum atomic E-state index is -0.389. The molecule has 0 radical (unpaired) electrons. The van der Waals surface area contributed by atoms with Crippen molar-refractivity contribution in [1.29, 1.82) is 0 Å². The maximum atomic E-state index is 12.8. The third kappa shape index (κ3) is 4.75. The second kappa shape index (κ2) is 10.7. The van der Waals surface area contributed by atoms with Crippen LogP contribution in [0.3, 0.4) is 0 Å². The number of carbonyl (C=O) groups excluding carboxylic acids is 1. The summed E-state index contributed by atoms with van der Waals surface area (Å²) in [5, 5.41) is 33.7. The van der Waals surface area contributed by atoms with Gasteiger partial charge in [-0.15, -0.1) is 0 Å². The van der Waals surface area contributed by atoms with Crippen LogP contribution in [0, 0.1) is 70.0 Å². The van der Waals surface area contributed by atoms with Crippen LogP contribution < -0.4 is 0 Å². The molecule has 0 aromatic rings. The summed E-state index contributed by atoms with van der Waals surface area (Å²) in [7, 11) is 0. The summed E-state index contributed by atoms with van der Waals surface area (Å²) in [6, 6.07) is 0. The molecule has 6 unspecified atom stereocenters. The minimum absolute atomic E-state index is 0.0949. The van der Waals surface area contributed by atoms with Crippen LogP contribution in [0.1, 0.15) is 111 Å². The highest BCUT2D eigenvalue weighted by Crippen LogP contribution is 2.68. The van der Waals surface area contributed by atoms with E-state index in [1.54, 1.807) is 0 Å². The Morgan fingerprint density at radius 3 is 2.29 bits per heavy atom. The molecule has 11 atom stereocenters. The molecule has 8 saturated carbocycles. The van der Waals surface area contributed by atoms with E-state index < -0.39 is 0 Å². The Bertz CT molecular complexity index is 956. The van der Waals surface area contributed by atoms with Gasteiger partial charge in [0.2, 0.25) is 0 Å². The summed E-state index contributed by atoms with van der Waals surface area (Å²) in [4.78, 5) is 12.8. The van der Waals surface area contributed by atoms with Gasteiger partial charge in [0, 0.05) is 6.42 Å². The lowest BCUT2D eigenvalue weighted by Gasteiger charge is -2.63. The molecule has 232 valence electrons. The molecule has 0 heterocycles. The van der Waals surface area contributed by atoms with Gasteiger partial charge in [0.25, 0.3) is 0 Å². The normalized spacial score (nSPS) is 54.2. The maximum absolute atomic E-state index is 12.8. The summed E-state index contributed by atoms with van der Waals surface area (Å²) < 4.78 is 11.8. The Morgan fingerprint density at radius 2 is 1.59 bits per heavy atom. The van der Waals surface area contributed by atoms with Gasteiger partial charge in [-0.25, -0.2) is 0 Å². The van der Waals surface area contributed by atoms with Gasteiger partial charge in [0.15, 0.2) is 6.79 Å². The Kier molecular flexibility index (Phi) is 7.60. The van der Waals surface area contributed by atoms with Crippen LogP contribution in [-0.4, -0.2) is 52.5 Å². The molecule has 0 amide bonds. The number of aliphatic hydroxyl groups is 3. The van der Waals surface area contributed by atoms with Crippen LogP contribution in [0.4, 0.5) is 0 Å². The van der Waals surface area contributed by atoms with E-state index in [1.165, 1.54) is 32.1 Å². The average molecular weight is 573 g/mol. The first kappa shape index (κ1) is 29.0. The molecule has 0 aromatic carbocycles. The number of hydrogen-bond acceptors (Lipinski definition) is 6. The molecule has 6 heteroatoms. The van der Waals surface area contributed by atoms with E-state index in [-0.39, 0.29) is 53.9 Å². The van der Waals surface area contributed by atoms with Crippen LogP contribution >= 0.6 is 0 Å². The third-order valence-corrected chi connectivity index (χ3v) is 14.9. The Morgan fingerprint density at radius 1 is 0.878 bits per heavy atom. The van der Waals surface area contributed by atoms with Crippen LogP contribution in [0.25, 0.3) is 0 Å². The fourth-order valence-corrected chi connectivity index (χ4v) is 13.1. The third-order valence-electron chi connectivity index (χ3n) is 14.9. The first-order valence-electron chi connectivity index (χ1n) is 17.4. The quantitative estimate of drug-likeness (QED) is 0.267. The van der Waals surface area contributed by atoms with E-state index >= 15 is 0 Å². The van der Waals surface area contributed by atoms with Crippen molar-refractivity contribution in [3.8, 4) is 0 Å². The van der Waals surface area contributed by atoms with Crippen LogP contribution in [0.15, 0.2) is 0 Å². The molecular formula is C35H56O6. The standard InChI is InChI=1S/C35H56O6/c1-19(4-7-31(39)40-18-41-33-22-11-20-10-21(13-22)14-23(33)12-20)26-5-6-27-32-28(17-30(38)35(26,27)3)34(2)9-8-25(36)15-24(34)16-29(32)37/h19-30,32-33,36-38H,4-18H2,1-3H3/t19?,20?,21?,22?,23?,24?,25-,26?,27?,28?,29-,30+,32?,33?,34+,35-/m1/s1. The predicted molar refractivity (Wildman–Crippen MR) is 155 cm³/mol. The smallest absolute Gasteiger partial charge is 0.307 e. The molecule has 0 spiro atoms. The van der Waals surface area contributed by atoms with E-state index in [0.29, 0.717) is 47.8 Å². The van der Waals surface area contributed by atoms with Gasteiger partial charge in [-0.2, -0.15) is 0 Å². The lowest BCUT2D eigenvalue weighted by atomic mass is 9.43. The number of ether oxygens (including phenoxy) is 2. The molecule has 0 saturated heterocycles. The van der Waals surface area contributed by atoms with Crippen molar-refractivity contribution in [2.75, 3.05) is 6.79 Å². The number of fused-ring (bicyclic) bond motifs is 5. The molecule has 8 fully saturated rings. The van der Waals surface area contributed by atoms with Crippen molar-refractivity contribution in [2.45, 2.75) is 135 Å². The molecule has 8 aliphatic rings. The second-order valence-electron chi connectivity index (χ2n) is 16.7. The van der Waals surface area contributed by atoms with Gasteiger partial charge < -0.3 is 24.8 Å². The maximum Gasteiger partial charge on any atom is 0.307 e. The van der Waals surface area contributed by atoms with Crippen LogP contribution in [-0.2, 0) is 14.3 Å². The van der Waals surface area contributed by atoms with Crippen LogP contribution in [0.5, 0.6) is 0 Å².